The summed E-state index contributed by atoms with van der Waals surface area (Å²) < 4.78 is 0. The number of benzene rings is 3. The molecule has 10 heteroatoms. The molecule has 1 aliphatic heterocycles. The first-order valence-electron chi connectivity index (χ1n) is 12.4. The monoisotopic (exact) mass is 516 g/mol. The van der Waals surface area contributed by atoms with Crippen LogP contribution in [-0.4, -0.2) is 73.1 Å². The first kappa shape index (κ1) is 26.8. The van der Waals surface area contributed by atoms with Crippen LogP contribution in [0.3, 0.4) is 0 Å². The topological polar surface area (TPSA) is 140 Å². The summed E-state index contributed by atoms with van der Waals surface area (Å²) in [6.45, 7) is 3.63. The molecule has 0 saturated carbocycles. The van der Waals surface area contributed by atoms with E-state index >= 15 is 0 Å². The summed E-state index contributed by atoms with van der Waals surface area (Å²) in [5, 5.41) is 14.2. The summed E-state index contributed by atoms with van der Waals surface area (Å²) >= 11 is 0. The number of rotatable bonds is 9. The van der Waals surface area contributed by atoms with Crippen LogP contribution >= 0.6 is 0 Å². The lowest BCUT2D eigenvalue weighted by molar-refractivity contribution is -0.130. The molecule has 0 unspecified atom stereocenters. The van der Waals surface area contributed by atoms with Gasteiger partial charge < -0.3 is 21.3 Å². The Morgan fingerprint density at radius 2 is 1.45 bits per heavy atom. The van der Waals surface area contributed by atoms with E-state index in [1.165, 1.54) is 11.2 Å². The van der Waals surface area contributed by atoms with Crippen LogP contribution in [0.25, 0.3) is 11.1 Å². The second kappa shape index (κ2) is 12.8. The molecule has 1 fully saturated rings. The zero-order valence-electron chi connectivity index (χ0n) is 21.0. The Morgan fingerprint density at radius 3 is 2.03 bits per heavy atom. The van der Waals surface area contributed by atoms with E-state index in [1.807, 2.05) is 42.5 Å². The number of hydroxylamine groups is 1. The normalized spacial score (nSPS) is 14.4. The molecule has 10 nitrogen and oxygen atoms in total. The smallest absolute Gasteiger partial charge is 0.267 e. The lowest BCUT2D eigenvalue weighted by Crippen LogP contribution is -2.50. The summed E-state index contributed by atoms with van der Waals surface area (Å²) in [5.41, 5.74) is 11.0. The maximum absolute atomic E-state index is 12.6. The van der Waals surface area contributed by atoms with Gasteiger partial charge in [-0.05, 0) is 47.5 Å². The fourth-order valence-electron chi connectivity index (χ4n) is 4.32. The minimum atomic E-state index is -1.03. The van der Waals surface area contributed by atoms with Crippen molar-refractivity contribution < 1.29 is 19.6 Å². The quantitative estimate of drug-likeness (QED) is 0.215. The molecule has 3 aromatic carbocycles. The largest absolute Gasteiger partial charge is 0.369 e. The van der Waals surface area contributed by atoms with Crippen molar-refractivity contribution in [1.29, 1.82) is 0 Å². The molecule has 38 heavy (non-hydrogen) atoms. The number of nitrogens with two attached hydrogens (primary N) is 1. The van der Waals surface area contributed by atoms with Gasteiger partial charge in [-0.15, -0.1) is 0 Å². The van der Waals surface area contributed by atoms with Gasteiger partial charge in [-0.1, -0.05) is 42.5 Å². The Bertz CT molecular complexity index is 1230. The molecule has 1 saturated heterocycles. The highest BCUT2D eigenvalue weighted by atomic mass is 16.5. The van der Waals surface area contributed by atoms with Crippen LogP contribution in [-0.2, 0) is 9.59 Å². The van der Waals surface area contributed by atoms with Crippen molar-refractivity contribution in [1.82, 2.24) is 15.7 Å². The van der Waals surface area contributed by atoms with Crippen molar-refractivity contribution in [3.63, 3.8) is 0 Å². The molecule has 4 rings (SSSR count). The molecule has 0 aliphatic carbocycles. The molecule has 0 bridgehead atoms. The Kier molecular flexibility index (Phi) is 9.04. The average molecular weight is 517 g/mol. The van der Waals surface area contributed by atoms with Gasteiger partial charge in [-0.3, -0.25) is 24.5 Å². The number of nitrogens with one attached hydrogen (secondary N) is 3. The predicted octanol–water partition coefficient (Wildman–Crippen LogP) is 1.68. The van der Waals surface area contributed by atoms with Gasteiger partial charge in [0, 0.05) is 49.7 Å². The second-order valence-corrected chi connectivity index (χ2v) is 9.04. The molecule has 0 aromatic heterocycles. The Morgan fingerprint density at radius 1 is 0.842 bits per heavy atom. The van der Waals surface area contributed by atoms with Crippen molar-refractivity contribution in [3.05, 3.63) is 84.4 Å². The summed E-state index contributed by atoms with van der Waals surface area (Å²) in [6, 6.07) is 23.6. The highest BCUT2D eigenvalue weighted by molar-refractivity contribution is 5.98. The van der Waals surface area contributed by atoms with Gasteiger partial charge in [-0.25, -0.2) is 5.48 Å². The van der Waals surface area contributed by atoms with E-state index in [4.69, 9.17) is 10.9 Å². The summed E-state index contributed by atoms with van der Waals surface area (Å²) in [5.74, 6) is -1.31. The number of carbonyl (C=O) groups is 3. The van der Waals surface area contributed by atoms with Gasteiger partial charge in [0.05, 0.1) is 6.54 Å². The average Bonchev–Trinajstić information content (AvgIpc) is 2.96. The molecule has 1 aliphatic rings. The Labute approximate surface area is 221 Å². The van der Waals surface area contributed by atoms with Crippen LogP contribution in [0.15, 0.2) is 78.9 Å². The number of carbonyl (C=O) groups excluding carboxylic acids is 3. The fourth-order valence-corrected chi connectivity index (χ4v) is 4.32. The number of nitrogens with zero attached hydrogens (tertiary/aromatic N) is 2. The highest BCUT2D eigenvalue weighted by Crippen LogP contribution is 2.22. The van der Waals surface area contributed by atoms with Gasteiger partial charge in [0.2, 0.25) is 5.91 Å². The lowest BCUT2D eigenvalue weighted by Gasteiger charge is -2.35. The van der Waals surface area contributed by atoms with E-state index in [9.17, 15) is 14.4 Å². The highest BCUT2D eigenvalue weighted by Gasteiger charge is 2.20. The zero-order valence-corrected chi connectivity index (χ0v) is 21.0. The third kappa shape index (κ3) is 6.94. The van der Waals surface area contributed by atoms with Gasteiger partial charge >= 0.3 is 0 Å². The van der Waals surface area contributed by atoms with Crippen molar-refractivity contribution in [2.75, 3.05) is 49.5 Å². The van der Waals surface area contributed by atoms with Gasteiger partial charge in [-0.2, -0.15) is 0 Å². The minimum Gasteiger partial charge on any atom is -0.369 e. The number of hydrogen-bond donors (Lipinski definition) is 5. The minimum absolute atomic E-state index is 0.0491. The summed E-state index contributed by atoms with van der Waals surface area (Å²) in [6.07, 6.45) is 0. The van der Waals surface area contributed by atoms with Gasteiger partial charge in [0.15, 0.2) is 0 Å². The van der Waals surface area contributed by atoms with Crippen molar-refractivity contribution in [2.45, 2.75) is 6.04 Å². The molecule has 0 radical (unpaired) electrons. The van der Waals surface area contributed by atoms with Crippen molar-refractivity contribution in [3.8, 4) is 11.1 Å². The second-order valence-electron chi connectivity index (χ2n) is 9.04. The standard InChI is InChI=1S/C28H32N6O4/c29-18-25(28(37)32-38)31-27(36)22-8-6-20(7-9-22)21-10-12-23(13-11-21)30-26(35)19-33-14-16-34(17-15-33)24-4-2-1-3-5-24/h1-13,25,38H,14-19,29H2,(H,30,35)(H,31,36)(H,32,37)/t25-/m0/s1. The van der Waals surface area contributed by atoms with E-state index in [1.54, 1.807) is 24.3 Å². The first-order chi connectivity index (χ1) is 18.5. The van der Waals surface area contributed by atoms with E-state index in [0.29, 0.717) is 17.8 Å². The number of para-hydroxylation sites is 1. The maximum atomic E-state index is 12.6. The molecule has 3 aromatic rings. The number of hydrogen-bond acceptors (Lipinski definition) is 7. The van der Waals surface area contributed by atoms with E-state index in [-0.39, 0.29) is 12.5 Å². The van der Waals surface area contributed by atoms with Crippen molar-refractivity contribution >= 4 is 29.1 Å². The Balaban J connectivity index is 1.26. The molecule has 6 N–H and O–H groups in total. The van der Waals surface area contributed by atoms with Gasteiger partial charge in [0.1, 0.15) is 6.04 Å². The summed E-state index contributed by atoms with van der Waals surface area (Å²) in [7, 11) is 0. The predicted molar refractivity (Wildman–Crippen MR) is 146 cm³/mol. The third-order valence-electron chi connectivity index (χ3n) is 6.48. The van der Waals surface area contributed by atoms with Gasteiger partial charge in [0.25, 0.3) is 11.8 Å². The number of amides is 3. The molecule has 198 valence electrons. The SMILES string of the molecule is NC[C@H](NC(=O)c1ccc(-c2ccc(NC(=O)CN3CCN(c4ccccc4)CC3)cc2)cc1)C(=O)NO. The molecule has 3 amide bonds. The van der Waals surface area contributed by atoms with Crippen LogP contribution in [0.2, 0.25) is 0 Å². The van der Waals surface area contributed by atoms with Crippen LogP contribution in [0.1, 0.15) is 10.4 Å². The fraction of sp³-hybridized carbons (Fsp3) is 0.250. The Hall–Kier alpha value is -4.25. The lowest BCUT2D eigenvalue weighted by atomic mass is 10.0. The third-order valence-corrected chi connectivity index (χ3v) is 6.48. The van der Waals surface area contributed by atoms with E-state index in [0.717, 1.165) is 37.3 Å². The molecular formula is C28H32N6O4. The van der Waals surface area contributed by atoms with E-state index in [2.05, 4.69) is 32.6 Å². The number of anilines is 2. The number of piperazine rings is 1. The zero-order chi connectivity index (χ0) is 26.9. The van der Waals surface area contributed by atoms with Crippen LogP contribution in [0.4, 0.5) is 11.4 Å². The molecule has 1 atom stereocenters. The first-order valence-corrected chi connectivity index (χ1v) is 12.4. The van der Waals surface area contributed by atoms with Crippen LogP contribution in [0.5, 0.6) is 0 Å². The molecule has 1 heterocycles. The molecule has 0 spiro atoms. The molecular weight excluding hydrogens is 484 g/mol. The van der Waals surface area contributed by atoms with E-state index < -0.39 is 17.9 Å². The maximum Gasteiger partial charge on any atom is 0.267 e. The van der Waals surface area contributed by atoms with Crippen molar-refractivity contribution in [2.24, 2.45) is 5.73 Å². The van der Waals surface area contributed by atoms with Crippen LogP contribution in [0, 0.1) is 0 Å². The van der Waals surface area contributed by atoms with Crippen LogP contribution < -0.4 is 26.7 Å². The summed E-state index contributed by atoms with van der Waals surface area (Å²) in [4.78, 5) is 41.0.